The molecule has 0 aromatic heterocycles. The maximum Gasteiger partial charge on any atom is 0.0827 e. The van der Waals surface area contributed by atoms with Crippen LogP contribution in [0.1, 0.15) is 26.7 Å². The van der Waals surface area contributed by atoms with Crippen molar-refractivity contribution < 1.29 is 5.21 Å². The minimum atomic E-state index is 0.394. The van der Waals surface area contributed by atoms with Crippen LogP contribution >= 0.6 is 0 Å². The number of nitrogens with zero attached hydrogens (tertiary/aromatic N) is 1. The molecule has 0 aromatic carbocycles. The Morgan fingerprint density at radius 2 is 2.25 bits per heavy atom. The summed E-state index contributed by atoms with van der Waals surface area (Å²) in [6, 6.07) is 0. The summed E-state index contributed by atoms with van der Waals surface area (Å²) >= 11 is 0. The van der Waals surface area contributed by atoms with Gasteiger partial charge in [-0.25, -0.2) is 0 Å². The van der Waals surface area contributed by atoms with Gasteiger partial charge in [0, 0.05) is 0 Å². The molecule has 3 saturated carbocycles. The zero-order chi connectivity index (χ0) is 8.93. The lowest BCUT2D eigenvalue weighted by Gasteiger charge is -2.57. The molecule has 1 N–H and O–H groups in total. The Morgan fingerprint density at radius 3 is 2.67 bits per heavy atom. The van der Waals surface area contributed by atoms with Crippen molar-refractivity contribution >= 4 is 5.71 Å². The predicted molar refractivity (Wildman–Crippen MR) is 48.4 cm³/mol. The summed E-state index contributed by atoms with van der Waals surface area (Å²) in [4.78, 5) is 0. The fourth-order valence-corrected chi connectivity index (χ4v) is 2.62. The molecular weight excluding hydrogens is 150 g/mol. The zero-order valence-corrected chi connectivity index (χ0v) is 7.67. The molecule has 66 valence electrons. The van der Waals surface area contributed by atoms with E-state index in [9.17, 15) is 0 Å². The van der Waals surface area contributed by atoms with Crippen molar-refractivity contribution in [2.24, 2.45) is 22.4 Å². The molecule has 12 heavy (non-hydrogen) atoms. The van der Waals surface area contributed by atoms with Crippen molar-refractivity contribution in [2.45, 2.75) is 26.7 Å². The van der Waals surface area contributed by atoms with Crippen molar-refractivity contribution in [1.29, 1.82) is 0 Å². The molecule has 0 saturated heterocycles. The van der Waals surface area contributed by atoms with Crippen LogP contribution in [0.2, 0.25) is 0 Å². The summed E-state index contributed by atoms with van der Waals surface area (Å²) in [6.07, 6.45) is 2.16. The van der Waals surface area contributed by atoms with E-state index in [0.717, 1.165) is 17.7 Å². The lowest BCUT2D eigenvalue weighted by Crippen LogP contribution is -2.52. The number of hydrogen-bond acceptors (Lipinski definition) is 2. The third kappa shape index (κ3) is 0.728. The topological polar surface area (TPSA) is 32.6 Å². The average molecular weight is 165 g/mol. The van der Waals surface area contributed by atoms with Crippen molar-refractivity contribution in [3.63, 3.8) is 0 Å². The molecule has 0 aromatic rings. The van der Waals surface area contributed by atoms with E-state index in [2.05, 4.69) is 25.6 Å². The van der Waals surface area contributed by atoms with E-state index in [-0.39, 0.29) is 0 Å². The third-order valence-electron chi connectivity index (χ3n) is 3.82. The van der Waals surface area contributed by atoms with Crippen LogP contribution in [0, 0.1) is 17.3 Å². The van der Waals surface area contributed by atoms with Crippen LogP contribution in [-0.2, 0) is 0 Å². The van der Waals surface area contributed by atoms with Gasteiger partial charge >= 0.3 is 0 Å². The van der Waals surface area contributed by atoms with E-state index in [1.165, 1.54) is 6.42 Å². The van der Waals surface area contributed by atoms with Gasteiger partial charge in [0.2, 0.25) is 0 Å². The van der Waals surface area contributed by atoms with Crippen molar-refractivity contribution in [3.05, 3.63) is 12.2 Å². The quantitative estimate of drug-likeness (QED) is 0.434. The van der Waals surface area contributed by atoms with Gasteiger partial charge in [0.05, 0.1) is 5.71 Å². The molecule has 0 spiro atoms. The number of fused-ring (bicyclic) bond motifs is 2. The highest BCUT2D eigenvalue weighted by atomic mass is 16.4. The Morgan fingerprint density at radius 1 is 1.58 bits per heavy atom. The molecule has 3 aliphatic rings. The van der Waals surface area contributed by atoms with Gasteiger partial charge in [-0.05, 0) is 35.7 Å². The Bertz CT molecular complexity index is 265. The Hall–Kier alpha value is -0.790. The molecule has 3 rings (SSSR count). The van der Waals surface area contributed by atoms with Crippen molar-refractivity contribution in [2.75, 3.05) is 0 Å². The van der Waals surface area contributed by atoms with Gasteiger partial charge in [-0.1, -0.05) is 25.6 Å². The second-order valence-corrected chi connectivity index (χ2v) is 4.58. The lowest BCUT2D eigenvalue weighted by atomic mass is 9.47. The molecule has 0 aliphatic heterocycles. The molecule has 2 nitrogen and oxygen atoms in total. The average Bonchev–Trinajstić information content (AvgIpc) is 2.03. The largest absolute Gasteiger partial charge is 0.411 e. The molecule has 2 atom stereocenters. The van der Waals surface area contributed by atoms with Gasteiger partial charge in [-0.15, -0.1) is 0 Å². The summed E-state index contributed by atoms with van der Waals surface area (Å²) in [6.45, 7) is 8.56. The van der Waals surface area contributed by atoms with E-state index in [1.807, 2.05) is 0 Å². The standard InChI is InChI=1S/C10H15NO/c1-6-8-4-7(10(8,2)3)5-9(6)11-12/h7-8,12H,1,4-5H2,2-3H3/b11-9-/t7-,8-/m0/s1. The van der Waals surface area contributed by atoms with E-state index in [4.69, 9.17) is 5.21 Å². The SMILES string of the molecule is C=C1/C(=N\O)C[C@@H]2C[C@@H]1C2(C)C. The van der Waals surface area contributed by atoms with Crippen LogP contribution < -0.4 is 0 Å². The lowest BCUT2D eigenvalue weighted by molar-refractivity contribution is 0.000700. The first-order chi connectivity index (χ1) is 5.57. The summed E-state index contributed by atoms with van der Waals surface area (Å²) < 4.78 is 0. The van der Waals surface area contributed by atoms with Crippen molar-refractivity contribution in [1.82, 2.24) is 0 Å². The number of rotatable bonds is 0. The highest BCUT2D eigenvalue weighted by Gasteiger charge is 2.53. The Kier molecular flexibility index (Phi) is 1.39. The van der Waals surface area contributed by atoms with Gasteiger partial charge in [0.1, 0.15) is 0 Å². The highest BCUT2D eigenvalue weighted by Crippen LogP contribution is 2.59. The van der Waals surface area contributed by atoms with E-state index in [0.29, 0.717) is 17.3 Å². The molecule has 3 aliphatic carbocycles. The number of hydrogen-bond donors (Lipinski definition) is 1. The van der Waals surface area contributed by atoms with Gasteiger partial charge in [0.25, 0.3) is 0 Å². The van der Waals surface area contributed by atoms with Gasteiger partial charge < -0.3 is 5.21 Å². The number of allylic oxidation sites excluding steroid dienone is 1. The van der Waals surface area contributed by atoms with Crippen LogP contribution in [0.15, 0.2) is 17.3 Å². The summed E-state index contributed by atoms with van der Waals surface area (Å²) in [7, 11) is 0. The van der Waals surface area contributed by atoms with Crippen LogP contribution in [0.3, 0.4) is 0 Å². The second kappa shape index (κ2) is 2.12. The van der Waals surface area contributed by atoms with Crippen LogP contribution in [0.25, 0.3) is 0 Å². The zero-order valence-electron chi connectivity index (χ0n) is 7.67. The van der Waals surface area contributed by atoms with Gasteiger partial charge in [-0.2, -0.15) is 0 Å². The summed E-state index contributed by atoms with van der Waals surface area (Å²) in [5.41, 5.74) is 2.28. The second-order valence-electron chi connectivity index (χ2n) is 4.58. The predicted octanol–water partition coefficient (Wildman–Crippen LogP) is 2.44. The summed E-state index contributed by atoms with van der Waals surface area (Å²) in [5.74, 6) is 1.26. The van der Waals surface area contributed by atoms with Crippen LogP contribution in [0.4, 0.5) is 0 Å². The molecule has 2 heteroatoms. The first kappa shape index (κ1) is 7.84. The fourth-order valence-electron chi connectivity index (χ4n) is 2.62. The minimum Gasteiger partial charge on any atom is -0.411 e. The molecule has 0 radical (unpaired) electrons. The van der Waals surface area contributed by atoms with Crippen molar-refractivity contribution in [3.8, 4) is 0 Å². The van der Waals surface area contributed by atoms with E-state index < -0.39 is 0 Å². The molecule has 2 bridgehead atoms. The summed E-state index contributed by atoms with van der Waals surface area (Å²) in [5, 5.41) is 12.0. The van der Waals surface area contributed by atoms with E-state index in [1.54, 1.807) is 0 Å². The number of oxime groups is 1. The fraction of sp³-hybridized carbons (Fsp3) is 0.700. The Labute approximate surface area is 73.0 Å². The molecule has 0 unspecified atom stereocenters. The smallest absolute Gasteiger partial charge is 0.0827 e. The maximum absolute atomic E-state index is 8.70. The van der Waals surface area contributed by atoms with Gasteiger partial charge in [0.15, 0.2) is 0 Å². The van der Waals surface area contributed by atoms with Crippen LogP contribution in [0.5, 0.6) is 0 Å². The Balaban J connectivity index is 2.28. The molecule has 3 fully saturated rings. The maximum atomic E-state index is 8.70. The highest BCUT2D eigenvalue weighted by molar-refractivity contribution is 6.01. The first-order valence-electron chi connectivity index (χ1n) is 4.47. The normalized spacial score (nSPS) is 41.2. The van der Waals surface area contributed by atoms with E-state index >= 15 is 0 Å². The van der Waals surface area contributed by atoms with Gasteiger partial charge in [-0.3, -0.25) is 0 Å². The molecule has 0 heterocycles. The monoisotopic (exact) mass is 165 g/mol. The first-order valence-corrected chi connectivity index (χ1v) is 4.47. The molecule has 0 amide bonds. The van der Waals surface area contributed by atoms with Crippen LogP contribution in [-0.4, -0.2) is 10.9 Å². The third-order valence-corrected chi connectivity index (χ3v) is 3.82. The minimum absolute atomic E-state index is 0.394. The molecular formula is C10H15NO.